The van der Waals surface area contributed by atoms with Crippen LogP contribution in [-0.2, 0) is 14.9 Å². The van der Waals surface area contributed by atoms with Gasteiger partial charge in [0.2, 0.25) is 0 Å². The van der Waals surface area contributed by atoms with Gasteiger partial charge in [-0.25, -0.2) is 17.2 Å². The van der Waals surface area contributed by atoms with Crippen molar-refractivity contribution < 1.29 is 31.6 Å². The maximum atomic E-state index is 15.1. The number of hydrogen-bond donors (Lipinski definition) is 2. The molecule has 0 bridgehead atoms. The summed E-state index contributed by atoms with van der Waals surface area (Å²) in [6, 6.07) is 4.61. The number of anilines is 2. The lowest BCUT2D eigenvalue weighted by molar-refractivity contribution is -0.0262. The van der Waals surface area contributed by atoms with E-state index in [4.69, 9.17) is 22.1 Å². The molecule has 0 atom stereocenters. The van der Waals surface area contributed by atoms with Crippen molar-refractivity contribution in [1.29, 1.82) is 0 Å². The van der Waals surface area contributed by atoms with Crippen LogP contribution in [-0.4, -0.2) is 39.6 Å². The Morgan fingerprint density at radius 3 is 2.55 bits per heavy atom. The first-order valence-corrected chi connectivity index (χ1v) is 11.2. The number of halogens is 4. The number of sulfonamides is 1. The van der Waals surface area contributed by atoms with Crippen LogP contribution in [0.5, 0.6) is 5.75 Å². The fourth-order valence-electron chi connectivity index (χ4n) is 2.46. The van der Waals surface area contributed by atoms with Crippen molar-refractivity contribution in [1.82, 2.24) is 4.47 Å². The molecule has 2 aromatic rings. The Morgan fingerprint density at radius 2 is 2.03 bits per heavy atom. The number of rotatable bonds is 9. The Kier molecular flexibility index (Phi) is 8.21. The maximum absolute atomic E-state index is 15.1. The molecule has 0 heterocycles. The summed E-state index contributed by atoms with van der Waals surface area (Å²) in [5.74, 6) is -5.58. The molecule has 0 radical (unpaired) electrons. The van der Waals surface area contributed by atoms with Crippen molar-refractivity contribution in [2.75, 3.05) is 26.1 Å². The molecule has 0 aliphatic heterocycles. The topological polar surface area (TPSA) is 111 Å². The Bertz CT molecular complexity index is 1150. The third kappa shape index (κ3) is 5.09. The minimum absolute atomic E-state index is 0.113. The molecule has 0 aliphatic rings. The fourth-order valence-corrected chi connectivity index (χ4v) is 4.53. The largest absolute Gasteiger partial charge is 0.487 e. The van der Waals surface area contributed by atoms with Crippen LogP contribution in [0.25, 0.3) is 0 Å². The third-order valence-electron chi connectivity index (χ3n) is 3.93. The molecule has 0 aliphatic carbocycles. The van der Waals surface area contributed by atoms with Gasteiger partial charge in [-0.2, -0.15) is 0 Å². The summed E-state index contributed by atoms with van der Waals surface area (Å²) in [7, 11) is -2.84. The zero-order valence-corrected chi connectivity index (χ0v) is 19.9. The summed E-state index contributed by atoms with van der Waals surface area (Å²) in [5, 5.41) is 2.63. The van der Waals surface area contributed by atoms with Crippen LogP contribution in [0.3, 0.4) is 0 Å². The predicted molar refractivity (Wildman–Crippen MR) is 120 cm³/mol. The molecule has 0 unspecified atom stereocenters. The summed E-state index contributed by atoms with van der Waals surface area (Å²) in [4.78, 5) is 15.6. The SMILES string of the molecule is C=CCOc1c(C(N)=O)c(Nc2ccc(I)cc2Cl)c(F)c(F)c1S(=O)(=O)N(C)OC. The van der Waals surface area contributed by atoms with E-state index in [2.05, 4.69) is 16.7 Å². The van der Waals surface area contributed by atoms with Gasteiger partial charge in [0.1, 0.15) is 12.2 Å². The number of amides is 1. The normalized spacial score (nSPS) is 11.5. The summed E-state index contributed by atoms with van der Waals surface area (Å²) < 4.78 is 62.0. The van der Waals surface area contributed by atoms with Crippen LogP contribution in [0.1, 0.15) is 10.4 Å². The van der Waals surface area contributed by atoms with Crippen LogP contribution in [0.2, 0.25) is 5.02 Å². The van der Waals surface area contributed by atoms with Gasteiger partial charge in [-0.3, -0.25) is 9.63 Å². The first-order valence-electron chi connectivity index (χ1n) is 8.30. The number of carbonyl (C=O) groups excluding carboxylic acids is 1. The van der Waals surface area contributed by atoms with Crippen molar-refractivity contribution in [2.45, 2.75) is 4.90 Å². The lowest BCUT2D eigenvalue weighted by atomic mass is 10.1. The van der Waals surface area contributed by atoms with Crippen molar-refractivity contribution in [2.24, 2.45) is 5.73 Å². The minimum Gasteiger partial charge on any atom is -0.487 e. The third-order valence-corrected chi connectivity index (χ3v) is 6.62. The number of carbonyl (C=O) groups is 1. The highest BCUT2D eigenvalue weighted by Crippen LogP contribution is 2.41. The van der Waals surface area contributed by atoms with Crippen molar-refractivity contribution in [3.8, 4) is 5.75 Å². The second-order valence-corrected chi connectivity index (χ2v) is 9.37. The van der Waals surface area contributed by atoms with Crippen LogP contribution >= 0.6 is 34.2 Å². The molecule has 3 N–H and O–H groups in total. The molecule has 0 fully saturated rings. The zero-order valence-electron chi connectivity index (χ0n) is 16.2. The van der Waals surface area contributed by atoms with E-state index >= 15 is 8.78 Å². The number of benzene rings is 2. The highest BCUT2D eigenvalue weighted by Gasteiger charge is 2.37. The van der Waals surface area contributed by atoms with Crippen LogP contribution in [0, 0.1) is 15.2 Å². The predicted octanol–water partition coefficient (Wildman–Crippen LogP) is 3.81. The zero-order chi connectivity index (χ0) is 23.5. The van der Waals surface area contributed by atoms with Gasteiger partial charge < -0.3 is 15.8 Å². The van der Waals surface area contributed by atoms with Gasteiger partial charge in [-0.1, -0.05) is 28.7 Å². The molecule has 2 rings (SSSR count). The monoisotopic (exact) mass is 587 g/mol. The average Bonchev–Trinajstić information content (AvgIpc) is 2.70. The first-order chi connectivity index (χ1) is 14.5. The molecule has 8 nitrogen and oxygen atoms in total. The quantitative estimate of drug-likeness (QED) is 0.262. The molecule has 0 aromatic heterocycles. The summed E-state index contributed by atoms with van der Waals surface area (Å²) in [6.45, 7) is 3.08. The van der Waals surface area contributed by atoms with Crippen LogP contribution < -0.4 is 15.8 Å². The minimum atomic E-state index is -4.79. The smallest absolute Gasteiger partial charge is 0.271 e. The summed E-state index contributed by atoms with van der Waals surface area (Å²) >= 11 is 8.12. The molecule has 0 saturated carbocycles. The Balaban J connectivity index is 2.91. The standard InChI is InChI=1S/C18H17ClF2IN3O5S/c1-4-7-30-16-12(18(23)26)15(24-11-6-5-9(22)8-10(11)19)13(20)14(21)17(16)31(27,28)25(2)29-3/h4-6,8,24H,1,7H2,2-3H3,(H2,23,26). The fraction of sp³-hybridized carbons (Fsp3) is 0.167. The number of hydrogen-bond acceptors (Lipinski definition) is 6. The molecule has 168 valence electrons. The second-order valence-electron chi connectivity index (χ2n) is 5.85. The van der Waals surface area contributed by atoms with Gasteiger partial charge in [0.25, 0.3) is 15.9 Å². The molecule has 31 heavy (non-hydrogen) atoms. The number of nitrogens with zero attached hydrogens (tertiary/aromatic N) is 1. The molecule has 0 spiro atoms. The lowest BCUT2D eigenvalue weighted by Crippen LogP contribution is -2.29. The van der Waals surface area contributed by atoms with E-state index in [1.54, 1.807) is 6.07 Å². The average molecular weight is 588 g/mol. The Hall–Kier alpha value is -2.00. The highest BCUT2D eigenvalue weighted by atomic mass is 127. The van der Waals surface area contributed by atoms with E-state index in [0.29, 0.717) is 0 Å². The molecular formula is C18H17ClF2IN3O5S. The van der Waals surface area contributed by atoms with Crippen molar-refractivity contribution >= 4 is 61.5 Å². The van der Waals surface area contributed by atoms with Gasteiger partial charge in [0.15, 0.2) is 22.3 Å². The Labute approximate surface area is 196 Å². The Morgan fingerprint density at radius 1 is 1.39 bits per heavy atom. The molecule has 2 aromatic carbocycles. The second kappa shape index (κ2) is 10.1. The summed E-state index contributed by atoms with van der Waals surface area (Å²) in [6.07, 6.45) is 1.21. The first kappa shape index (κ1) is 25.3. The van der Waals surface area contributed by atoms with E-state index in [0.717, 1.165) is 17.7 Å². The van der Waals surface area contributed by atoms with Gasteiger partial charge in [-0.15, -0.1) is 0 Å². The van der Waals surface area contributed by atoms with Gasteiger partial charge in [0, 0.05) is 10.6 Å². The number of nitrogens with two attached hydrogens (primary N) is 1. The number of ether oxygens (including phenoxy) is 1. The number of primary amides is 1. The van der Waals surface area contributed by atoms with Crippen LogP contribution in [0.4, 0.5) is 20.2 Å². The van der Waals surface area contributed by atoms with E-state index < -0.39 is 49.5 Å². The van der Waals surface area contributed by atoms with Crippen LogP contribution in [0.15, 0.2) is 35.7 Å². The lowest BCUT2D eigenvalue weighted by Gasteiger charge is -2.22. The van der Waals surface area contributed by atoms with Gasteiger partial charge >= 0.3 is 0 Å². The maximum Gasteiger partial charge on any atom is 0.271 e. The van der Waals surface area contributed by atoms with E-state index in [9.17, 15) is 13.2 Å². The molecule has 0 saturated heterocycles. The van der Waals surface area contributed by atoms with Gasteiger partial charge in [-0.05, 0) is 40.8 Å². The number of nitrogens with one attached hydrogen (secondary N) is 1. The number of hydroxylamine groups is 1. The van der Waals surface area contributed by atoms with Crippen molar-refractivity contribution in [3.63, 3.8) is 0 Å². The molecule has 1 amide bonds. The molecule has 13 heteroatoms. The van der Waals surface area contributed by atoms with E-state index in [-0.39, 0.29) is 21.8 Å². The van der Waals surface area contributed by atoms with Crippen molar-refractivity contribution in [3.05, 3.63) is 56.6 Å². The van der Waals surface area contributed by atoms with E-state index in [1.165, 1.54) is 18.2 Å². The molecular weight excluding hydrogens is 571 g/mol. The van der Waals surface area contributed by atoms with Gasteiger partial charge in [0.05, 0.1) is 23.5 Å². The van der Waals surface area contributed by atoms with E-state index in [1.807, 2.05) is 22.6 Å². The highest BCUT2D eigenvalue weighted by molar-refractivity contribution is 14.1. The summed E-state index contributed by atoms with van der Waals surface area (Å²) in [5.41, 5.74) is 4.03.